The Kier molecular flexibility index (Phi) is 12.9. The van der Waals surface area contributed by atoms with Crippen LogP contribution in [0.25, 0.3) is 0 Å². The monoisotopic (exact) mass is 322 g/mol. The molecule has 0 unspecified atom stereocenters. The highest BCUT2D eigenvalue weighted by Crippen LogP contribution is 2.12. The lowest BCUT2D eigenvalue weighted by molar-refractivity contribution is 0.568. The minimum absolute atomic E-state index is 1.06. The third kappa shape index (κ3) is 11.9. The summed E-state index contributed by atoms with van der Waals surface area (Å²) in [4.78, 5) is 1.20. The molecule has 0 saturated heterocycles. The van der Waals surface area contributed by atoms with Crippen LogP contribution in [-0.2, 0) is 0 Å². The van der Waals surface area contributed by atoms with Gasteiger partial charge in [-0.2, -0.15) is 11.8 Å². The van der Waals surface area contributed by atoms with Crippen LogP contribution in [0, 0.1) is 11.8 Å². The fourth-order valence-corrected chi connectivity index (χ4v) is 3.59. The van der Waals surface area contributed by atoms with Gasteiger partial charge in [-0.3, -0.25) is 0 Å². The van der Waals surface area contributed by atoms with Crippen LogP contribution in [0.3, 0.4) is 0 Å². The second-order valence-corrected chi connectivity index (χ2v) is 7.75. The van der Waals surface area contributed by atoms with E-state index in [1.807, 2.05) is 0 Å². The third-order valence-corrected chi connectivity index (χ3v) is 5.30. The Bertz CT molecular complexity index is 370. The second kappa shape index (κ2) is 14.5. The molecule has 1 heterocycles. The molecular formula is C19H30S2. The smallest absolute Gasteiger partial charge is 0.0768 e. The van der Waals surface area contributed by atoms with E-state index in [2.05, 4.69) is 48.0 Å². The summed E-state index contributed by atoms with van der Waals surface area (Å²) >= 11 is 3.81. The molecule has 0 atom stereocenters. The van der Waals surface area contributed by atoms with E-state index in [4.69, 9.17) is 0 Å². The SMILES string of the molecule is CCSCCCCCCCCCCCC#Cc1cccs1. The number of hydrogen-bond acceptors (Lipinski definition) is 2. The van der Waals surface area contributed by atoms with Gasteiger partial charge in [-0.1, -0.05) is 69.8 Å². The molecule has 0 bridgehead atoms. The molecule has 0 aliphatic heterocycles. The van der Waals surface area contributed by atoms with Gasteiger partial charge in [0.2, 0.25) is 0 Å². The molecule has 0 aliphatic rings. The van der Waals surface area contributed by atoms with Crippen molar-refractivity contribution in [3.8, 4) is 11.8 Å². The Morgan fingerprint density at radius 1 is 0.952 bits per heavy atom. The maximum atomic E-state index is 3.28. The lowest BCUT2D eigenvalue weighted by atomic mass is 10.1. The molecule has 0 radical (unpaired) electrons. The number of hydrogen-bond donors (Lipinski definition) is 0. The van der Waals surface area contributed by atoms with E-state index in [9.17, 15) is 0 Å². The summed E-state index contributed by atoms with van der Waals surface area (Å²) in [7, 11) is 0. The summed E-state index contributed by atoms with van der Waals surface area (Å²) in [5.74, 6) is 9.15. The van der Waals surface area contributed by atoms with Gasteiger partial charge in [-0.15, -0.1) is 11.3 Å². The van der Waals surface area contributed by atoms with Crippen LogP contribution < -0.4 is 0 Å². The number of thioether (sulfide) groups is 1. The predicted octanol–water partition coefficient (Wildman–Crippen LogP) is 6.75. The molecule has 0 amide bonds. The summed E-state index contributed by atoms with van der Waals surface area (Å²) in [6.45, 7) is 2.25. The zero-order chi connectivity index (χ0) is 15.0. The summed E-state index contributed by atoms with van der Waals surface area (Å²) < 4.78 is 0. The Labute approximate surface area is 140 Å². The van der Waals surface area contributed by atoms with Gasteiger partial charge in [0.1, 0.15) is 0 Å². The first-order valence-electron chi connectivity index (χ1n) is 8.53. The standard InChI is InChI=1S/C19H30S2/c1-2-20-17-13-11-9-7-5-3-4-6-8-10-12-15-19-16-14-18-21-19/h14,16,18H,2-11,13,17H2,1H3. The second-order valence-electron chi connectivity index (χ2n) is 5.41. The molecule has 0 aromatic carbocycles. The molecule has 0 fully saturated rings. The number of unbranched alkanes of at least 4 members (excludes halogenated alkanes) is 9. The fourth-order valence-electron chi connectivity index (χ4n) is 2.30. The van der Waals surface area contributed by atoms with Gasteiger partial charge in [0, 0.05) is 6.42 Å². The quantitative estimate of drug-likeness (QED) is 0.303. The van der Waals surface area contributed by atoms with Crippen molar-refractivity contribution in [1.82, 2.24) is 0 Å². The van der Waals surface area contributed by atoms with Crippen molar-refractivity contribution in [2.45, 2.75) is 71.1 Å². The molecule has 2 heteroatoms. The van der Waals surface area contributed by atoms with E-state index in [0.717, 1.165) is 6.42 Å². The molecule has 118 valence electrons. The van der Waals surface area contributed by atoms with E-state index >= 15 is 0 Å². The van der Waals surface area contributed by atoms with Crippen LogP contribution in [0.1, 0.15) is 76.0 Å². The molecular weight excluding hydrogens is 292 g/mol. The van der Waals surface area contributed by atoms with Crippen LogP contribution in [0.15, 0.2) is 17.5 Å². The molecule has 1 rings (SSSR count). The highest BCUT2D eigenvalue weighted by Gasteiger charge is 1.93. The van der Waals surface area contributed by atoms with Gasteiger partial charge in [-0.25, -0.2) is 0 Å². The van der Waals surface area contributed by atoms with Crippen LogP contribution in [0.5, 0.6) is 0 Å². The molecule has 1 aromatic heterocycles. The molecule has 0 spiro atoms. The zero-order valence-electron chi connectivity index (χ0n) is 13.5. The lowest BCUT2D eigenvalue weighted by Crippen LogP contribution is -1.84. The Morgan fingerprint density at radius 3 is 2.24 bits per heavy atom. The van der Waals surface area contributed by atoms with E-state index in [1.165, 1.54) is 74.2 Å². The van der Waals surface area contributed by atoms with Crippen LogP contribution >= 0.6 is 23.1 Å². The Hall–Kier alpha value is -0.390. The first kappa shape index (κ1) is 18.7. The summed E-state index contributed by atoms with van der Waals surface area (Å²) in [5.41, 5.74) is 0. The number of thiophene rings is 1. The molecule has 21 heavy (non-hydrogen) atoms. The maximum absolute atomic E-state index is 3.28. The minimum Gasteiger partial charge on any atom is -0.162 e. The molecule has 0 N–H and O–H groups in total. The average molecular weight is 323 g/mol. The lowest BCUT2D eigenvalue weighted by Gasteiger charge is -2.01. The van der Waals surface area contributed by atoms with Crippen molar-refractivity contribution < 1.29 is 0 Å². The first-order valence-corrected chi connectivity index (χ1v) is 10.6. The van der Waals surface area contributed by atoms with Gasteiger partial charge in [0.05, 0.1) is 4.88 Å². The third-order valence-electron chi connectivity index (χ3n) is 3.53. The predicted molar refractivity (Wildman–Crippen MR) is 100 cm³/mol. The minimum atomic E-state index is 1.06. The highest BCUT2D eigenvalue weighted by atomic mass is 32.2. The highest BCUT2D eigenvalue weighted by molar-refractivity contribution is 7.99. The maximum Gasteiger partial charge on any atom is 0.0768 e. The van der Waals surface area contributed by atoms with Crippen molar-refractivity contribution in [3.05, 3.63) is 22.4 Å². The summed E-state index contributed by atoms with van der Waals surface area (Å²) in [6.07, 6.45) is 13.7. The summed E-state index contributed by atoms with van der Waals surface area (Å²) in [6, 6.07) is 4.16. The normalized spacial score (nSPS) is 10.3. The van der Waals surface area contributed by atoms with Crippen molar-refractivity contribution in [3.63, 3.8) is 0 Å². The largest absolute Gasteiger partial charge is 0.162 e. The van der Waals surface area contributed by atoms with Gasteiger partial charge in [0.15, 0.2) is 0 Å². The van der Waals surface area contributed by atoms with E-state index in [-0.39, 0.29) is 0 Å². The van der Waals surface area contributed by atoms with Gasteiger partial charge in [0.25, 0.3) is 0 Å². The van der Waals surface area contributed by atoms with Crippen molar-refractivity contribution in [1.29, 1.82) is 0 Å². The van der Waals surface area contributed by atoms with Crippen molar-refractivity contribution in [2.75, 3.05) is 11.5 Å². The van der Waals surface area contributed by atoms with E-state index < -0.39 is 0 Å². The van der Waals surface area contributed by atoms with Crippen LogP contribution in [0.4, 0.5) is 0 Å². The van der Waals surface area contributed by atoms with Crippen LogP contribution in [-0.4, -0.2) is 11.5 Å². The summed E-state index contributed by atoms with van der Waals surface area (Å²) in [5, 5.41) is 2.09. The fraction of sp³-hybridized carbons (Fsp3) is 0.684. The molecule has 0 nitrogen and oxygen atoms in total. The van der Waals surface area contributed by atoms with Crippen LogP contribution in [0.2, 0.25) is 0 Å². The van der Waals surface area contributed by atoms with Gasteiger partial charge in [-0.05, 0) is 35.8 Å². The molecule has 0 aliphatic carbocycles. The topological polar surface area (TPSA) is 0 Å². The average Bonchev–Trinajstić information content (AvgIpc) is 3.01. The zero-order valence-corrected chi connectivity index (χ0v) is 15.2. The molecule has 1 aromatic rings. The number of rotatable bonds is 12. The van der Waals surface area contributed by atoms with E-state index in [1.54, 1.807) is 11.3 Å². The van der Waals surface area contributed by atoms with Gasteiger partial charge < -0.3 is 0 Å². The van der Waals surface area contributed by atoms with Crippen molar-refractivity contribution >= 4 is 23.1 Å². The van der Waals surface area contributed by atoms with E-state index in [0.29, 0.717) is 0 Å². The Morgan fingerprint density at radius 2 is 1.62 bits per heavy atom. The molecule has 0 saturated carbocycles. The Balaban J connectivity index is 1.77. The first-order chi connectivity index (χ1) is 10.4. The van der Waals surface area contributed by atoms with Crippen molar-refractivity contribution in [2.24, 2.45) is 0 Å². The van der Waals surface area contributed by atoms with Gasteiger partial charge >= 0.3 is 0 Å².